The summed E-state index contributed by atoms with van der Waals surface area (Å²) >= 11 is 0. The molecular weight excluding hydrogens is 182 g/mol. The van der Waals surface area contributed by atoms with Gasteiger partial charge in [0.25, 0.3) is 5.56 Å². The molecule has 2 aromatic rings. The van der Waals surface area contributed by atoms with Gasteiger partial charge in [-0.15, -0.1) is 0 Å². The van der Waals surface area contributed by atoms with E-state index in [9.17, 15) is 4.79 Å². The minimum absolute atomic E-state index is 0.161. The lowest BCUT2D eigenvalue weighted by Crippen LogP contribution is -2.31. The molecule has 0 fully saturated rings. The van der Waals surface area contributed by atoms with Crippen LogP contribution in [0.1, 0.15) is 5.82 Å². The molecule has 0 aliphatic carbocycles. The average Bonchev–Trinajstić information content (AvgIpc) is 2.23. The van der Waals surface area contributed by atoms with Gasteiger partial charge in [-0.05, 0) is 12.1 Å². The first-order valence-electron chi connectivity index (χ1n) is 4.10. The molecule has 1 aromatic carbocycles. The molecule has 2 rings (SSSR count). The van der Waals surface area contributed by atoms with Gasteiger partial charge < -0.3 is 10.9 Å². The third-order valence-corrected chi connectivity index (χ3v) is 2.02. The fourth-order valence-corrected chi connectivity index (χ4v) is 1.30. The topological polar surface area (TPSA) is 81.1 Å². The predicted molar refractivity (Wildman–Crippen MR) is 52.1 cm³/mol. The maximum Gasteiger partial charge on any atom is 0.279 e. The molecule has 0 saturated heterocycles. The minimum atomic E-state index is -0.351. The molecule has 72 valence electrons. The number of fused-ring (bicyclic) bond motifs is 1. The largest absolute Gasteiger partial charge is 0.388 e. The Bertz CT molecular complexity index is 533. The molecule has 3 N–H and O–H groups in total. The number of hydrogen-bond donors (Lipinski definition) is 2. The molecule has 0 bridgehead atoms. The monoisotopic (exact) mass is 191 g/mol. The smallest absolute Gasteiger partial charge is 0.279 e. The van der Waals surface area contributed by atoms with Gasteiger partial charge in [-0.3, -0.25) is 4.79 Å². The molecule has 0 radical (unpaired) electrons. The number of aromatic nitrogens is 2. The van der Waals surface area contributed by atoms with Crippen molar-refractivity contribution in [3.63, 3.8) is 0 Å². The van der Waals surface area contributed by atoms with E-state index in [-0.39, 0.29) is 18.0 Å². The van der Waals surface area contributed by atoms with Crippen molar-refractivity contribution in [1.82, 2.24) is 9.66 Å². The van der Waals surface area contributed by atoms with E-state index in [1.165, 1.54) is 0 Å². The molecule has 5 heteroatoms. The fraction of sp³-hybridized carbons (Fsp3) is 0.111. The lowest BCUT2D eigenvalue weighted by Gasteiger charge is -2.05. The number of aliphatic hydroxyl groups is 1. The Morgan fingerprint density at radius 1 is 1.43 bits per heavy atom. The van der Waals surface area contributed by atoms with Crippen molar-refractivity contribution in [3.8, 4) is 0 Å². The van der Waals surface area contributed by atoms with E-state index in [0.29, 0.717) is 10.9 Å². The lowest BCUT2D eigenvalue weighted by atomic mass is 10.2. The Morgan fingerprint density at radius 3 is 2.86 bits per heavy atom. The predicted octanol–water partition coefficient (Wildman–Crippen LogP) is -0.397. The Morgan fingerprint density at radius 2 is 2.14 bits per heavy atom. The summed E-state index contributed by atoms with van der Waals surface area (Å²) in [5.41, 5.74) is 0.197. The molecule has 0 saturated carbocycles. The SMILES string of the molecule is Nn1c(CO)nc2ccccc2c1=O. The maximum absolute atomic E-state index is 11.6. The van der Waals surface area contributed by atoms with Crippen molar-refractivity contribution in [3.05, 3.63) is 40.4 Å². The highest BCUT2D eigenvalue weighted by Crippen LogP contribution is 2.05. The van der Waals surface area contributed by atoms with Crippen molar-refractivity contribution >= 4 is 10.9 Å². The van der Waals surface area contributed by atoms with Crippen LogP contribution >= 0.6 is 0 Å². The molecule has 0 unspecified atom stereocenters. The zero-order chi connectivity index (χ0) is 10.1. The number of para-hydroxylation sites is 1. The van der Waals surface area contributed by atoms with Crippen LogP contribution in [0.4, 0.5) is 0 Å². The second-order valence-corrected chi connectivity index (χ2v) is 2.88. The number of nitrogens with two attached hydrogens (primary N) is 1. The Balaban J connectivity index is 2.92. The normalized spacial score (nSPS) is 10.6. The summed E-state index contributed by atoms with van der Waals surface area (Å²) in [5.74, 6) is 5.60. The third kappa shape index (κ3) is 1.14. The number of nitrogens with zero attached hydrogens (tertiary/aromatic N) is 2. The number of nitrogen functional groups attached to an aromatic ring is 1. The average molecular weight is 191 g/mol. The van der Waals surface area contributed by atoms with Crippen LogP contribution in [0, 0.1) is 0 Å². The summed E-state index contributed by atoms with van der Waals surface area (Å²) < 4.78 is 0.863. The third-order valence-electron chi connectivity index (χ3n) is 2.02. The standard InChI is InChI=1S/C9H9N3O2/c10-12-8(5-13)11-7-4-2-1-3-6(7)9(12)14/h1-4,13H,5,10H2. The highest BCUT2D eigenvalue weighted by molar-refractivity contribution is 5.77. The van der Waals surface area contributed by atoms with E-state index in [0.717, 1.165) is 4.68 Å². The summed E-state index contributed by atoms with van der Waals surface area (Å²) in [4.78, 5) is 15.6. The van der Waals surface area contributed by atoms with E-state index in [4.69, 9.17) is 10.9 Å². The van der Waals surface area contributed by atoms with Crippen LogP contribution in [0.15, 0.2) is 29.1 Å². The number of benzene rings is 1. The second-order valence-electron chi connectivity index (χ2n) is 2.88. The number of aliphatic hydroxyl groups excluding tert-OH is 1. The summed E-state index contributed by atoms with van der Waals surface area (Å²) in [6, 6.07) is 6.87. The van der Waals surface area contributed by atoms with Gasteiger partial charge in [-0.1, -0.05) is 12.1 Å². The van der Waals surface area contributed by atoms with Crippen LogP contribution in [-0.4, -0.2) is 14.8 Å². The van der Waals surface area contributed by atoms with Crippen molar-refractivity contribution in [1.29, 1.82) is 0 Å². The first kappa shape index (κ1) is 8.71. The molecule has 14 heavy (non-hydrogen) atoms. The van der Waals surface area contributed by atoms with Crippen LogP contribution < -0.4 is 11.4 Å². The Hall–Kier alpha value is -1.88. The van der Waals surface area contributed by atoms with Crippen molar-refractivity contribution < 1.29 is 5.11 Å². The van der Waals surface area contributed by atoms with E-state index < -0.39 is 0 Å². The Labute approximate surface area is 79.4 Å². The molecule has 0 spiro atoms. The van der Waals surface area contributed by atoms with Crippen molar-refractivity contribution in [2.45, 2.75) is 6.61 Å². The van der Waals surface area contributed by atoms with Crippen molar-refractivity contribution in [2.75, 3.05) is 5.84 Å². The Kier molecular flexibility index (Phi) is 1.94. The van der Waals surface area contributed by atoms with Gasteiger partial charge in [0.1, 0.15) is 6.61 Å². The first-order chi connectivity index (χ1) is 6.74. The molecule has 0 aliphatic rings. The number of hydrogen-bond acceptors (Lipinski definition) is 4. The van der Waals surface area contributed by atoms with Gasteiger partial charge >= 0.3 is 0 Å². The highest BCUT2D eigenvalue weighted by atomic mass is 16.3. The zero-order valence-corrected chi connectivity index (χ0v) is 7.34. The van der Waals surface area contributed by atoms with Gasteiger partial charge in [-0.25, -0.2) is 9.66 Å². The van der Waals surface area contributed by atoms with E-state index in [2.05, 4.69) is 4.98 Å². The van der Waals surface area contributed by atoms with E-state index in [1.807, 2.05) is 0 Å². The summed E-state index contributed by atoms with van der Waals surface area (Å²) in [7, 11) is 0. The van der Waals surface area contributed by atoms with Gasteiger partial charge in [0.05, 0.1) is 10.9 Å². The molecule has 1 aromatic heterocycles. The molecule has 0 amide bonds. The highest BCUT2D eigenvalue weighted by Gasteiger charge is 2.06. The van der Waals surface area contributed by atoms with Gasteiger partial charge in [0.15, 0.2) is 5.82 Å². The van der Waals surface area contributed by atoms with Crippen LogP contribution in [0.2, 0.25) is 0 Å². The molecule has 1 heterocycles. The summed E-state index contributed by atoms with van der Waals surface area (Å²) in [5, 5.41) is 9.35. The zero-order valence-electron chi connectivity index (χ0n) is 7.34. The van der Waals surface area contributed by atoms with Gasteiger partial charge in [0, 0.05) is 0 Å². The molecule has 0 aliphatic heterocycles. The van der Waals surface area contributed by atoms with Crippen molar-refractivity contribution in [2.24, 2.45) is 0 Å². The van der Waals surface area contributed by atoms with Crippen LogP contribution in [0.5, 0.6) is 0 Å². The van der Waals surface area contributed by atoms with Gasteiger partial charge in [0.2, 0.25) is 0 Å². The minimum Gasteiger partial charge on any atom is -0.388 e. The first-order valence-corrected chi connectivity index (χ1v) is 4.10. The summed E-state index contributed by atoms with van der Waals surface area (Å²) in [6.45, 7) is -0.351. The number of rotatable bonds is 1. The molecule has 0 atom stereocenters. The van der Waals surface area contributed by atoms with Crippen LogP contribution in [0.25, 0.3) is 10.9 Å². The lowest BCUT2D eigenvalue weighted by molar-refractivity contribution is 0.266. The van der Waals surface area contributed by atoms with Gasteiger partial charge in [-0.2, -0.15) is 0 Å². The maximum atomic E-state index is 11.6. The van der Waals surface area contributed by atoms with E-state index >= 15 is 0 Å². The molecular formula is C9H9N3O2. The quantitative estimate of drug-likeness (QED) is 0.601. The second kappa shape index (κ2) is 3.12. The fourth-order valence-electron chi connectivity index (χ4n) is 1.30. The van der Waals surface area contributed by atoms with Crippen LogP contribution in [-0.2, 0) is 6.61 Å². The summed E-state index contributed by atoms with van der Waals surface area (Å²) in [6.07, 6.45) is 0. The van der Waals surface area contributed by atoms with E-state index in [1.54, 1.807) is 24.3 Å². The van der Waals surface area contributed by atoms with Crippen LogP contribution in [0.3, 0.4) is 0 Å². The molecule has 5 nitrogen and oxygen atoms in total.